The summed E-state index contributed by atoms with van der Waals surface area (Å²) in [5, 5.41) is 8.10. The molecule has 104 valence electrons. The Bertz CT molecular complexity index is 656. The monoisotopic (exact) mass is 273 g/mol. The second kappa shape index (κ2) is 5.70. The van der Waals surface area contributed by atoms with Gasteiger partial charge in [0, 0.05) is 26.0 Å². The number of ether oxygens (including phenoxy) is 1. The van der Waals surface area contributed by atoms with E-state index in [2.05, 4.69) is 15.2 Å². The number of hydrogen-bond acceptors (Lipinski definition) is 5. The van der Waals surface area contributed by atoms with Crippen LogP contribution in [-0.4, -0.2) is 38.0 Å². The van der Waals surface area contributed by atoms with Crippen LogP contribution in [0.1, 0.15) is 5.82 Å². The number of imidazole rings is 1. The molecule has 3 rings (SSSR count). The first-order chi connectivity index (χ1) is 9.88. The molecule has 0 N–H and O–H groups in total. The summed E-state index contributed by atoms with van der Waals surface area (Å²) >= 11 is 0. The van der Waals surface area contributed by atoms with Crippen LogP contribution in [0, 0.1) is 0 Å². The van der Waals surface area contributed by atoms with Gasteiger partial charge in [0.15, 0.2) is 5.82 Å². The first kappa shape index (κ1) is 12.6. The summed E-state index contributed by atoms with van der Waals surface area (Å²) in [6.45, 7) is 1.96. The van der Waals surface area contributed by atoms with Crippen LogP contribution in [0.3, 0.4) is 0 Å². The van der Waals surface area contributed by atoms with E-state index in [9.17, 15) is 0 Å². The molecule has 0 aliphatic carbocycles. The lowest BCUT2D eigenvalue weighted by molar-refractivity contribution is 0.186. The van der Waals surface area contributed by atoms with Crippen LogP contribution < -0.4 is 0 Å². The predicted octanol–water partition coefficient (Wildman–Crippen LogP) is 1.43. The Hall–Kier alpha value is -2.41. The number of rotatable bonds is 6. The van der Waals surface area contributed by atoms with Gasteiger partial charge in [-0.05, 0) is 6.07 Å². The maximum Gasteiger partial charge on any atom is 0.152 e. The van der Waals surface area contributed by atoms with Gasteiger partial charge >= 0.3 is 0 Å². The first-order valence-electron chi connectivity index (χ1n) is 6.28. The van der Waals surface area contributed by atoms with Crippen LogP contribution in [0.15, 0.2) is 41.7 Å². The third-order valence-electron chi connectivity index (χ3n) is 3.04. The molecule has 3 aromatic heterocycles. The van der Waals surface area contributed by atoms with Crippen molar-refractivity contribution < 1.29 is 9.15 Å². The van der Waals surface area contributed by atoms with Gasteiger partial charge in [-0.1, -0.05) is 0 Å². The molecule has 3 aromatic rings. The summed E-state index contributed by atoms with van der Waals surface area (Å²) in [4.78, 5) is 4.35. The Kier molecular flexibility index (Phi) is 3.60. The number of aromatic nitrogens is 5. The molecule has 0 aromatic carbocycles. The van der Waals surface area contributed by atoms with Crippen molar-refractivity contribution in [2.75, 3.05) is 13.7 Å². The average Bonchev–Trinajstić information content (AvgIpc) is 3.18. The molecule has 0 radical (unpaired) electrons. The molecule has 20 heavy (non-hydrogen) atoms. The van der Waals surface area contributed by atoms with E-state index in [-0.39, 0.29) is 0 Å². The minimum Gasteiger partial charge on any atom is -0.472 e. The third-order valence-corrected chi connectivity index (χ3v) is 3.04. The van der Waals surface area contributed by atoms with Crippen LogP contribution in [0.25, 0.3) is 11.4 Å². The Balaban J connectivity index is 1.82. The molecule has 0 aliphatic heterocycles. The van der Waals surface area contributed by atoms with Gasteiger partial charge in [0.2, 0.25) is 0 Å². The zero-order valence-electron chi connectivity index (χ0n) is 11.1. The predicted molar refractivity (Wildman–Crippen MR) is 70.9 cm³/mol. The summed E-state index contributed by atoms with van der Waals surface area (Å²) in [6, 6.07) is 1.88. The fourth-order valence-corrected chi connectivity index (χ4v) is 2.02. The molecule has 0 amide bonds. The Morgan fingerprint density at radius 2 is 2.30 bits per heavy atom. The van der Waals surface area contributed by atoms with Gasteiger partial charge in [-0.2, -0.15) is 0 Å². The summed E-state index contributed by atoms with van der Waals surface area (Å²) in [7, 11) is 1.68. The molecule has 7 heteroatoms. The molecule has 0 saturated carbocycles. The molecule has 0 aliphatic rings. The van der Waals surface area contributed by atoms with E-state index in [1.54, 1.807) is 32.2 Å². The van der Waals surface area contributed by atoms with E-state index in [0.717, 1.165) is 23.8 Å². The summed E-state index contributed by atoms with van der Waals surface area (Å²) < 4.78 is 14.2. The highest BCUT2D eigenvalue weighted by Gasteiger charge is 2.10. The zero-order chi connectivity index (χ0) is 13.8. The molecule has 0 spiro atoms. The second-order valence-corrected chi connectivity index (χ2v) is 4.32. The lowest BCUT2D eigenvalue weighted by Crippen LogP contribution is -2.11. The smallest absolute Gasteiger partial charge is 0.152 e. The normalized spacial score (nSPS) is 11.1. The molecular weight excluding hydrogens is 258 g/mol. The molecule has 0 atom stereocenters. The lowest BCUT2D eigenvalue weighted by Gasteiger charge is -2.08. The quantitative estimate of drug-likeness (QED) is 0.679. The topological polar surface area (TPSA) is 70.9 Å². The number of hydrogen-bond donors (Lipinski definition) is 0. The fraction of sp³-hybridized carbons (Fsp3) is 0.308. The van der Waals surface area contributed by atoms with E-state index < -0.39 is 0 Å². The molecule has 7 nitrogen and oxygen atoms in total. The molecular formula is C13H15N5O2. The molecule has 0 bridgehead atoms. The van der Waals surface area contributed by atoms with Gasteiger partial charge in [-0.15, -0.1) is 10.2 Å². The minimum atomic E-state index is 0.601. The van der Waals surface area contributed by atoms with Crippen LogP contribution in [0.4, 0.5) is 0 Å². The van der Waals surface area contributed by atoms with Crippen molar-refractivity contribution in [3.05, 3.63) is 43.1 Å². The van der Waals surface area contributed by atoms with Crippen molar-refractivity contribution in [3.8, 4) is 11.4 Å². The van der Waals surface area contributed by atoms with Crippen molar-refractivity contribution in [1.82, 2.24) is 24.3 Å². The van der Waals surface area contributed by atoms with Gasteiger partial charge in [0.1, 0.15) is 18.4 Å². The van der Waals surface area contributed by atoms with E-state index >= 15 is 0 Å². The number of nitrogens with zero attached hydrogens (tertiary/aromatic N) is 5. The summed E-state index contributed by atoms with van der Waals surface area (Å²) in [6.07, 6.45) is 8.70. The highest BCUT2D eigenvalue weighted by atomic mass is 16.5. The van der Waals surface area contributed by atoms with Crippen molar-refractivity contribution in [1.29, 1.82) is 0 Å². The molecule has 0 unspecified atom stereocenters. The van der Waals surface area contributed by atoms with Gasteiger partial charge in [0.05, 0.1) is 25.0 Å². The Morgan fingerprint density at radius 3 is 3.10 bits per heavy atom. The zero-order valence-corrected chi connectivity index (χ0v) is 11.1. The van der Waals surface area contributed by atoms with Gasteiger partial charge in [-0.3, -0.25) is 0 Å². The molecule has 0 fully saturated rings. The van der Waals surface area contributed by atoms with Crippen LogP contribution >= 0.6 is 0 Å². The fourth-order valence-electron chi connectivity index (χ4n) is 2.02. The van der Waals surface area contributed by atoms with Crippen LogP contribution in [0.2, 0.25) is 0 Å². The van der Waals surface area contributed by atoms with Gasteiger partial charge in [-0.25, -0.2) is 4.98 Å². The Morgan fingerprint density at radius 1 is 1.35 bits per heavy atom. The van der Waals surface area contributed by atoms with Gasteiger partial charge < -0.3 is 18.3 Å². The van der Waals surface area contributed by atoms with Gasteiger partial charge in [0.25, 0.3) is 0 Å². The highest BCUT2D eigenvalue weighted by Crippen LogP contribution is 2.18. The van der Waals surface area contributed by atoms with Crippen molar-refractivity contribution in [2.24, 2.45) is 0 Å². The van der Waals surface area contributed by atoms with Crippen LogP contribution in [0.5, 0.6) is 0 Å². The van der Waals surface area contributed by atoms with E-state index in [4.69, 9.17) is 9.15 Å². The number of furan rings is 1. The maximum atomic E-state index is 5.10. The maximum absolute atomic E-state index is 5.10. The largest absolute Gasteiger partial charge is 0.472 e. The molecule has 3 heterocycles. The number of methoxy groups -OCH3 is 1. The Labute approximate surface area is 115 Å². The van der Waals surface area contributed by atoms with Crippen LogP contribution in [-0.2, 0) is 17.8 Å². The molecule has 0 saturated heterocycles. The summed E-state index contributed by atoms with van der Waals surface area (Å²) in [5.41, 5.74) is 0.943. The van der Waals surface area contributed by atoms with E-state index in [1.165, 1.54) is 0 Å². The van der Waals surface area contributed by atoms with Crippen molar-refractivity contribution in [2.45, 2.75) is 13.1 Å². The van der Waals surface area contributed by atoms with Crippen molar-refractivity contribution >= 4 is 0 Å². The second-order valence-electron chi connectivity index (χ2n) is 4.32. The summed E-state index contributed by atoms with van der Waals surface area (Å²) in [5.74, 6) is 1.71. The third kappa shape index (κ3) is 2.48. The SMILES string of the molecule is COCCn1cnnc1Cn1ccnc1-c1ccoc1. The van der Waals surface area contributed by atoms with E-state index in [0.29, 0.717) is 13.2 Å². The standard InChI is InChI=1S/C13H15N5O2/c1-19-7-5-18-10-15-16-12(18)8-17-4-3-14-13(17)11-2-6-20-9-11/h2-4,6,9-10H,5,7-8H2,1H3. The van der Waals surface area contributed by atoms with Crippen molar-refractivity contribution in [3.63, 3.8) is 0 Å². The highest BCUT2D eigenvalue weighted by molar-refractivity contribution is 5.53. The minimum absolute atomic E-state index is 0.601. The average molecular weight is 273 g/mol. The first-order valence-corrected chi connectivity index (χ1v) is 6.28. The lowest BCUT2D eigenvalue weighted by atomic mass is 10.3. The van der Waals surface area contributed by atoms with E-state index in [1.807, 2.05) is 21.4 Å².